The first kappa shape index (κ1) is 12.8. The molecule has 3 aromatic heterocycles. The number of alkyl halides is 1. The van der Waals surface area contributed by atoms with Crippen LogP contribution in [-0.2, 0) is 13.1 Å². The van der Waals surface area contributed by atoms with Crippen LogP contribution in [0.4, 0.5) is 4.39 Å². The highest BCUT2D eigenvalue weighted by molar-refractivity contribution is 6.30. The number of nitrogens with zero attached hydrogens (tertiary/aromatic N) is 6. The molecule has 0 amide bonds. The minimum absolute atomic E-state index is 0.205. The molecule has 0 radical (unpaired) electrons. The molecule has 7 nitrogen and oxygen atoms in total. The van der Waals surface area contributed by atoms with Crippen LogP contribution in [0.1, 0.15) is 5.89 Å². The summed E-state index contributed by atoms with van der Waals surface area (Å²) in [5.74, 6) is 0.807. The summed E-state index contributed by atoms with van der Waals surface area (Å²) in [5.41, 5.74) is 0.673. The predicted octanol–water partition coefficient (Wildman–Crippen LogP) is 1.80. The second-order valence-electron chi connectivity index (χ2n) is 4.05. The van der Waals surface area contributed by atoms with E-state index in [-0.39, 0.29) is 6.54 Å². The highest BCUT2D eigenvalue weighted by Crippen LogP contribution is 2.15. The molecule has 0 aliphatic heterocycles. The molecule has 0 atom stereocenters. The summed E-state index contributed by atoms with van der Waals surface area (Å²) in [4.78, 5) is 4.23. The molecule has 9 heteroatoms. The van der Waals surface area contributed by atoms with Gasteiger partial charge in [0.1, 0.15) is 13.2 Å². The zero-order valence-electron chi connectivity index (χ0n) is 10.3. The van der Waals surface area contributed by atoms with Gasteiger partial charge >= 0.3 is 0 Å². The van der Waals surface area contributed by atoms with Crippen LogP contribution in [0.25, 0.3) is 11.4 Å². The van der Waals surface area contributed by atoms with E-state index in [4.69, 9.17) is 16.1 Å². The van der Waals surface area contributed by atoms with E-state index >= 15 is 0 Å². The van der Waals surface area contributed by atoms with Crippen molar-refractivity contribution in [2.45, 2.75) is 13.1 Å². The van der Waals surface area contributed by atoms with E-state index in [1.54, 1.807) is 23.3 Å². The van der Waals surface area contributed by atoms with E-state index in [9.17, 15) is 4.39 Å². The summed E-state index contributed by atoms with van der Waals surface area (Å²) in [6, 6.07) is 0. The Bertz CT molecular complexity index is 705. The van der Waals surface area contributed by atoms with Crippen LogP contribution in [-0.4, -0.2) is 36.4 Å². The van der Waals surface area contributed by atoms with Crippen molar-refractivity contribution >= 4 is 11.6 Å². The van der Waals surface area contributed by atoms with Gasteiger partial charge in [-0.2, -0.15) is 15.2 Å². The molecule has 0 aliphatic rings. The van der Waals surface area contributed by atoms with Gasteiger partial charge in [0, 0.05) is 12.4 Å². The van der Waals surface area contributed by atoms with Crippen LogP contribution in [0.2, 0.25) is 5.02 Å². The fraction of sp³-hybridized carbons (Fsp3) is 0.273. The molecule has 3 rings (SSSR count). The van der Waals surface area contributed by atoms with E-state index in [0.717, 1.165) is 0 Å². The first-order chi connectivity index (χ1) is 9.74. The van der Waals surface area contributed by atoms with Crippen LogP contribution in [0, 0.1) is 0 Å². The Morgan fingerprint density at radius 2 is 2.05 bits per heavy atom. The minimum atomic E-state index is -0.474. The molecule has 20 heavy (non-hydrogen) atoms. The van der Waals surface area contributed by atoms with Crippen molar-refractivity contribution in [1.29, 1.82) is 0 Å². The van der Waals surface area contributed by atoms with Crippen molar-refractivity contribution < 1.29 is 8.91 Å². The van der Waals surface area contributed by atoms with E-state index in [1.807, 2.05) is 0 Å². The lowest BCUT2D eigenvalue weighted by Gasteiger charge is -1.93. The molecule has 104 valence electrons. The van der Waals surface area contributed by atoms with Gasteiger partial charge in [0.15, 0.2) is 0 Å². The fourth-order valence-corrected chi connectivity index (χ4v) is 1.84. The predicted molar refractivity (Wildman–Crippen MR) is 67.8 cm³/mol. The Morgan fingerprint density at radius 3 is 2.80 bits per heavy atom. The topological polar surface area (TPSA) is 74.6 Å². The Hall–Kier alpha value is -2.22. The fourth-order valence-electron chi connectivity index (χ4n) is 1.69. The van der Waals surface area contributed by atoms with Crippen molar-refractivity contribution in [3.63, 3.8) is 0 Å². The molecular weight excluding hydrogens is 287 g/mol. The second-order valence-corrected chi connectivity index (χ2v) is 4.49. The monoisotopic (exact) mass is 296 g/mol. The Kier molecular flexibility index (Phi) is 3.46. The summed E-state index contributed by atoms with van der Waals surface area (Å²) in [6.07, 6.45) is 6.42. The third-order valence-electron chi connectivity index (χ3n) is 2.57. The smallest absolute Gasteiger partial charge is 0.248 e. The second kappa shape index (κ2) is 5.41. The highest BCUT2D eigenvalue weighted by Gasteiger charge is 2.11. The van der Waals surface area contributed by atoms with Gasteiger partial charge < -0.3 is 4.52 Å². The summed E-state index contributed by atoms with van der Waals surface area (Å²) in [5, 5.41) is 12.4. The van der Waals surface area contributed by atoms with E-state index in [0.29, 0.717) is 28.8 Å². The molecule has 0 saturated carbocycles. The van der Waals surface area contributed by atoms with Gasteiger partial charge in [-0.25, -0.2) is 4.39 Å². The maximum absolute atomic E-state index is 12.2. The Morgan fingerprint density at radius 1 is 1.20 bits per heavy atom. The maximum Gasteiger partial charge on any atom is 0.248 e. The van der Waals surface area contributed by atoms with Crippen LogP contribution in [0.3, 0.4) is 0 Å². The van der Waals surface area contributed by atoms with Gasteiger partial charge in [0.25, 0.3) is 0 Å². The number of aryl methyl sites for hydroxylation is 1. The standard InChI is InChI=1S/C11H10ClFN6O/c12-9-4-15-19(6-9)7-10-16-11(17-20-10)8-3-14-18(5-8)2-1-13/h3-6H,1-2,7H2. The number of aromatic nitrogens is 6. The van der Waals surface area contributed by atoms with E-state index in [1.165, 1.54) is 10.9 Å². The van der Waals surface area contributed by atoms with Crippen LogP contribution in [0.5, 0.6) is 0 Å². The maximum atomic E-state index is 12.2. The SMILES string of the molecule is FCCn1cc(-c2noc(Cn3cc(Cl)cn3)n2)cn1. The van der Waals surface area contributed by atoms with Crippen molar-refractivity contribution in [2.75, 3.05) is 6.67 Å². The average molecular weight is 297 g/mol. The molecule has 0 spiro atoms. The first-order valence-electron chi connectivity index (χ1n) is 5.84. The molecule has 0 saturated heterocycles. The van der Waals surface area contributed by atoms with Crippen molar-refractivity contribution in [2.24, 2.45) is 0 Å². The zero-order valence-corrected chi connectivity index (χ0v) is 11.0. The van der Waals surface area contributed by atoms with Gasteiger partial charge in [0.2, 0.25) is 11.7 Å². The Balaban J connectivity index is 1.75. The quantitative estimate of drug-likeness (QED) is 0.717. The van der Waals surface area contributed by atoms with Crippen molar-refractivity contribution in [3.8, 4) is 11.4 Å². The lowest BCUT2D eigenvalue weighted by Crippen LogP contribution is -2.00. The minimum Gasteiger partial charge on any atom is -0.337 e. The number of hydrogen-bond donors (Lipinski definition) is 0. The molecule has 3 aromatic rings. The molecule has 0 aromatic carbocycles. The van der Waals surface area contributed by atoms with Gasteiger partial charge in [-0.3, -0.25) is 9.36 Å². The van der Waals surface area contributed by atoms with E-state index < -0.39 is 6.67 Å². The summed E-state index contributed by atoms with van der Waals surface area (Å²) < 4.78 is 20.4. The van der Waals surface area contributed by atoms with Crippen LogP contribution in [0.15, 0.2) is 29.3 Å². The van der Waals surface area contributed by atoms with Gasteiger partial charge in [0.05, 0.1) is 29.5 Å². The summed E-state index contributed by atoms with van der Waals surface area (Å²) in [7, 11) is 0. The lowest BCUT2D eigenvalue weighted by molar-refractivity contribution is 0.366. The van der Waals surface area contributed by atoms with Crippen molar-refractivity contribution in [3.05, 3.63) is 35.7 Å². The van der Waals surface area contributed by atoms with E-state index in [2.05, 4.69) is 20.3 Å². The van der Waals surface area contributed by atoms with Crippen LogP contribution < -0.4 is 0 Å². The first-order valence-corrected chi connectivity index (χ1v) is 6.22. The summed E-state index contributed by atoms with van der Waals surface area (Å²) in [6.45, 7) is 0.0630. The van der Waals surface area contributed by atoms with Crippen molar-refractivity contribution in [1.82, 2.24) is 29.7 Å². The normalized spacial score (nSPS) is 11.1. The Labute approximate surface area is 118 Å². The molecular formula is C11H10ClFN6O. The molecule has 0 bridgehead atoms. The molecule has 0 fully saturated rings. The molecule has 0 unspecified atom stereocenters. The van der Waals surface area contributed by atoms with Crippen LogP contribution >= 0.6 is 11.6 Å². The third-order valence-corrected chi connectivity index (χ3v) is 2.77. The average Bonchev–Trinajstić information content (AvgIpc) is 3.12. The number of hydrogen-bond acceptors (Lipinski definition) is 5. The zero-order chi connectivity index (χ0) is 13.9. The molecule has 0 N–H and O–H groups in total. The third kappa shape index (κ3) is 2.69. The summed E-state index contributed by atoms with van der Waals surface area (Å²) >= 11 is 5.77. The molecule has 0 aliphatic carbocycles. The molecule has 3 heterocycles. The van der Waals surface area contributed by atoms with Gasteiger partial charge in [-0.05, 0) is 0 Å². The van der Waals surface area contributed by atoms with Gasteiger partial charge in [-0.15, -0.1) is 0 Å². The lowest BCUT2D eigenvalue weighted by atomic mass is 10.3. The number of rotatable bonds is 5. The number of halogens is 2. The highest BCUT2D eigenvalue weighted by atomic mass is 35.5. The van der Waals surface area contributed by atoms with Gasteiger partial charge in [-0.1, -0.05) is 16.8 Å². The largest absolute Gasteiger partial charge is 0.337 e.